The first-order valence-electron chi connectivity index (χ1n) is 34.7. The van der Waals surface area contributed by atoms with Gasteiger partial charge in [0.1, 0.15) is 11.5 Å². The van der Waals surface area contributed by atoms with Crippen LogP contribution >= 0.6 is 0 Å². The van der Waals surface area contributed by atoms with Gasteiger partial charge in [0, 0.05) is 38.0 Å². The second kappa shape index (κ2) is 60.1. The van der Waals surface area contributed by atoms with Gasteiger partial charge in [-0.2, -0.15) is 0 Å². The number of carboxylic acids is 1. The Labute approximate surface area is 520 Å². The number of methoxy groups -OCH3 is 2. The molecule has 4 atom stereocenters. The summed E-state index contributed by atoms with van der Waals surface area (Å²) in [4.78, 5) is 48.0. The molecule has 0 aromatic heterocycles. The Kier molecular flexibility index (Phi) is 57.1. The highest BCUT2D eigenvalue weighted by atomic mass is 16.5. The summed E-state index contributed by atoms with van der Waals surface area (Å²) in [7, 11) is 3.29. The van der Waals surface area contributed by atoms with Crippen molar-refractivity contribution >= 4 is 23.7 Å². The normalized spacial score (nSPS) is 12.4. The standard InChI is InChI=1S/C36H64N2O4.C18H38N2O.C18H28O4/c1-5-8-10-12-13-14-15-16-17-19-21-23-35(39)38-32(7-3)29-37-36(40)28-34(22-20-18-11-9-6-2)42-30-31-24-26-33(41-4)27-25-31;1-3-5-6-7-8-9-10-11-12-13-14-15-18(21)20-17(4-2)16-19;1-3-4-5-6-7-8-17(13-18(19)20)22-14-15-9-11-16(21-2)12-10-15/h24-27,32,34H,5-23,28-30H2,1-4H3,(H,37,40)(H,38,39);17H,3-16,19H2,1-2H3,(H,20,21);9-12,17H,3-8,13-14H2,1-2H3,(H,19,20)/t32-,34+;2*17-/m001/s1. The molecule has 3 amide bonds. The van der Waals surface area contributed by atoms with Gasteiger partial charge in [-0.15, -0.1) is 0 Å². The van der Waals surface area contributed by atoms with Crippen molar-refractivity contribution in [3.05, 3.63) is 59.7 Å². The SMILES string of the molecule is CCCCCCCCCCCCCC(=O)N[C@@H](CC)CN.CCCCCCCCCCCCCC(=O)N[C@@H](CC)CNC(=O)C[C@@H](CCCCCCC)OCc1ccc(OC)cc1.CCCCCCC[C@H](CC(=O)O)OCc1ccc(OC)cc1. The van der Waals surface area contributed by atoms with E-state index in [1.165, 1.54) is 167 Å². The van der Waals surface area contributed by atoms with Gasteiger partial charge in [0.15, 0.2) is 0 Å². The number of carboxylic acid groups (broad SMARTS) is 1. The number of nitrogens with one attached hydrogen (secondary N) is 3. The number of nitrogens with two attached hydrogens (primary N) is 1. The van der Waals surface area contributed by atoms with Crippen molar-refractivity contribution in [3.63, 3.8) is 0 Å². The summed E-state index contributed by atoms with van der Waals surface area (Å²) in [5.41, 5.74) is 7.68. The Bertz CT molecular complexity index is 1810. The second-order valence-electron chi connectivity index (χ2n) is 23.7. The molecule has 13 heteroatoms. The van der Waals surface area contributed by atoms with Gasteiger partial charge in [0.2, 0.25) is 17.7 Å². The molecule has 0 radical (unpaired) electrons. The van der Waals surface area contributed by atoms with Gasteiger partial charge < -0.3 is 45.7 Å². The van der Waals surface area contributed by atoms with Gasteiger partial charge in [-0.3, -0.25) is 19.2 Å². The van der Waals surface area contributed by atoms with Crippen LogP contribution in [0.3, 0.4) is 0 Å². The van der Waals surface area contributed by atoms with E-state index in [2.05, 4.69) is 57.5 Å². The molecular formula is C72H130N4O9. The zero-order chi connectivity index (χ0) is 62.6. The lowest BCUT2D eigenvalue weighted by Gasteiger charge is -2.20. The first kappa shape index (κ1) is 80.8. The predicted octanol–water partition coefficient (Wildman–Crippen LogP) is 18.0. The molecule has 13 nitrogen and oxygen atoms in total. The molecular weight excluding hydrogens is 1060 g/mol. The van der Waals surface area contributed by atoms with Crippen molar-refractivity contribution < 1.29 is 43.2 Å². The maximum atomic E-state index is 12.9. The van der Waals surface area contributed by atoms with E-state index in [9.17, 15) is 19.2 Å². The highest BCUT2D eigenvalue weighted by Gasteiger charge is 2.18. The van der Waals surface area contributed by atoms with Crippen LogP contribution in [0.4, 0.5) is 0 Å². The largest absolute Gasteiger partial charge is 0.497 e. The summed E-state index contributed by atoms with van der Waals surface area (Å²) in [5.74, 6) is 1.08. The van der Waals surface area contributed by atoms with Crippen LogP contribution in [0.2, 0.25) is 0 Å². The molecule has 0 saturated carbocycles. The Morgan fingerprint density at radius 3 is 1.06 bits per heavy atom. The van der Waals surface area contributed by atoms with Gasteiger partial charge in [-0.25, -0.2) is 0 Å². The fourth-order valence-corrected chi connectivity index (χ4v) is 10.1. The fraction of sp³-hybridized carbons (Fsp3) is 0.778. The molecule has 0 aliphatic heterocycles. The van der Waals surface area contributed by atoms with Crippen molar-refractivity contribution in [2.24, 2.45) is 5.73 Å². The van der Waals surface area contributed by atoms with E-state index in [0.717, 1.165) is 86.8 Å². The second-order valence-corrected chi connectivity index (χ2v) is 23.7. The van der Waals surface area contributed by atoms with E-state index >= 15 is 0 Å². The van der Waals surface area contributed by atoms with Crippen LogP contribution in [-0.2, 0) is 41.9 Å². The Hall–Kier alpha value is -4.20. The lowest BCUT2D eigenvalue weighted by molar-refractivity contribution is -0.140. The molecule has 2 rings (SSSR count). The lowest BCUT2D eigenvalue weighted by Crippen LogP contribution is -2.43. The van der Waals surface area contributed by atoms with Crippen LogP contribution < -0.4 is 31.2 Å². The molecule has 0 aliphatic carbocycles. The number of hydrogen-bond acceptors (Lipinski definition) is 9. The summed E-state index contributed by atoms with van der Waals surface area (Å²) in [5, 5.41) is 18.2. The smallest absolute Gasteiger partial charge is 0.305 e. The summed E-state index contributed by atoms with van der Waals surface area (Å²) < 4.78 is 22.4. The molecule has 6 N–H and O–H groups in total. The minimum Gasteiger partial charge on any atom is -0.497 e. The van der Waals surface area contributed by atoms with Crippen LogP contribution in [0.5, 0.6) is 11.5 Å². The van der Waals surface area contributed by atoms with Crippen molar-refractivity contribution in [2.45, 2.75) is 336 Å². The first-order chi connectivity index (χ1) is 41.4. The van der Waals surface area contributed by atoms with E-state index in [0.29, 0.717) is 45.6 Å². The van der Waals surface area contributed by atoms with Crippen LogP contribution in [-0.4, -0.2) is 80.4 Å². The Morgan fingerprint density at radius 2 is 0.741 bits per heavy atom. The molecule has 0 bridgehead atoms. The van der Waals surface area contributed by atoms with Crippen LogP contribution in [0.25, 0.3) is 0 Å². The Morgan fingerprint density at radius 1 is 0.424 bits per heavy atom. The van der Waals surface area contributed by atoms with Gasteiger partial charge in [0.25, 0.3) is 0 Å². The molecule has 85 heavy (non-hydrogen) atoms. The van der Waals surface area contributed by atoms with E-state index in [-0.39, 0.29) is 48.4 Å². The van der Waals surface area contributed by atoms with E-state index < -0.39 is 5.97 Å². The molecule has 0 heterocycles. The summed E-state index contributed by atoms with van der Waals surface area (Å²) >= 11 is 0. The van der Waals surface area contributed by atoms with Crippen molar-refractivity contribution in [1.29, 1.82) is 0 Å². The zero-order valence-corrected chi connectivity index (χ0v) is 55.8. The Balaban J connectivity index is 0.00000138. The zero-order valence-electron chi connectivity index (χ0n) is 55.8. The van der Waals surface area contributed by atoms with Crippen LogP contribution in [0, 0.1) is 0 Å². The van der Waals surface area contributed by atoms with Gasteiger partial charge in [0.05, 0.1) is 52.5 Å². The maximum absolute atomic E-state index is 12.9. The van der Waals surface area contributed by atoms with Crippen molar-refractivity contribution in [2.75, 3.05) is 27.3 Å². The van der Waals surface area contributed by atoms with Crippen molar-refractivity contribution in [1.82, 2.24) is 16.0 Å². The van der Waals surface area contributed by atoms with Crippen molar-refractivity contribution in [3.8, 4) is 11.5 Å². The van der Waals surface area contributed by atoms with E-state index in [4.69, 9.17) is 29.8 Å². The minimum atomic E-state index is -0.798. The quantitative estimate of drug-likeness (QED) is 0.0399. The van der Waals surface area contributed by atoms with Crippen LogP contribution in [0.1, 0.15) is 310 Å². The number of unbranched alkanes of at least 4 members (excludes halogenated alkanes) is 28. The van der Waals surface area contributed by atoms with Gasteiger partial charge in [-0.1, -0.05) is 258 Å². The number of amides is 3. The topological polar surface area (TPSA) is 188 Å². The highest BCUT2D eigenvalue weighted by molar-refractivity contribution is 5.78. The van der Waals surface area contributed by atoms with Gasteiger partial charge >= 0.3 is 5.97 Å². The monoisotopic (exact) mass is 1190 g/mol. The minimum absolute atomic E-state index is 0.0126. The average Bonchev–Trinajstić information content (AvgIpc) is 3.56. The van der Waals surface area contributed by atoms with E-state index in [1.807, 2.05) is 48.5 Å². The number of hydrogen-bond donors (Lipinski definition) is 5. The third-order valence-electron chi connectivity index (χ3n) is 15.9. The predicted molar refractivity (Wildman–Crippen MR) is 355 cm³/mol. The lowest BCUT2D eigenvalue weighted by atomic mass is 10.0. The molecule has 0 spiro atoms. The summed E-state index contributed by atoms with van der Waals surface area (Å²) in [6.07, 6.45) is 45.0. The van der Waals surface area contributed by atoms with Crippen LogP contribution in [0.15, 0.2) is 48.5 Å². The number of carbonyl (C=O) groups is 4. The molecule has 2 aromatic rings. The first-order valence-corrected chi connectivity index (χ1v) is 34.7. The maximum Gasteiger partial charge on any atom is 0.305 e. The number of carbonyl (C=O) groups excluding carboxylic acids is 3. The summed E-state index contributed by atoms with van der Waals surface area (Å²) in [6, 6.07) is 15.6. The van der Waals surface area contributed by atoms with Gasteiger partial charge in [-0.05, 0) is 73.9 Å². The number of ether oxygens (including phenoxy) is 4. The molecule has 0 saturated heterocycles. The number of rotatable bonds is 55. The van der Waals surface area contributed by atoms with E-state index in [1.54, 1.807) is 14.2 Å². The molecule has 0 fully saturated rings. The summed E-state index contributed by atoms with van der Waals surface area (Å²) in [6.45, 7) is 15.0. The third kappa shape index (κ3) is 51.5. The molecule has 2 aromatic carbocycles. The fourth-order valence-electron chi connectivity index (χ4n) is 10.1. The molecule has 492 valence electrons. The average molecular weight is 1200 g/mol. The highest BCUT2D eigenvalue weighted by Crippen LogP contribution is 2.20. The number of benzene rings is 2. The molecule has 0 unspecified atom stereocenters. The number of aliphatic carboxylic acids is 1. The molecule has 0 aliphatic rings. The third-order valence-corrected chi connectivity index (χ3v) is 15.9.